The van der Waals surface area contributed by atoms with Crippen molar-refractivity contribution in [2.24, 2.45) is 17.8 Å². The number of nitrogens with two attached hydrogens (primary N) is 1. The minimum absolute atomic E-state index is 0.00229. The summed E-state index contributed by atoms with van der Waals surface area (Å²) in [7, 11) is -11.3. The van der Waals surface area contributed by atoms with E-state index in [2.05, 4.69) is 23.1 Å². The molecule has 0 aliphatic carbocycles. The molecule has 0 spiro atoms. The average Bonchev–Trinajstić information content (AvgIpc) is 3.30. The lowest BCUT2D eigenvalue weighted by Crippen LogP contribution is -2.51. The molecule has 3 heterocycles. The van der Waals surface area contributed by atoms with Crippen molar-refractivity contribution in [1.29, 1.82) is 0 Å². The first-order valence-corrected chi connectivity index (χ1v) is 28.8. The summed E-state index contributed by atoms with van der Waals surface area (Å²) in [5, 5.41) is 45.5. The summed E-state index contributed by atoms with van der Waals surface area (Å²) >= 11 is 0. The third kappa shape index (κ3) is 24.9. The van der Waals surface area contributed by atoms with Crippen molar-refractivity contribution in [3.63, 3.8) is 0 Å². The molecule has 2 bridgehead atoms. The molecule has 0 saturated carbocycles. The maximum atomic E-state index is 14.3. The van der Waals surface area contributed by atoms with E-state index in [0.29, 0.717) is 19.3 Å². The molecule has 2 unspecified atom stereocenters. The van der Waals surface area contributed by atoms with Crippen LogP contribution in [0.1, 0.15) is 168 Å². The van der Waals surface area contributed by atoms with Crippen molar-refractivity contribution >= 4 is 39.2 Å². The molecule has 23 heteroatoms. The number of esters is 2. The van der Waals surface area contributed by atoms with Crippen LogP contribution in [0.4, 0.5) is 5.82 Å². The average molecular weight is 1060 g/mol. The van der Waals surface area contributed by atoms with Crippen molar-refractivity contribution in [3.05, 3.63) is 47.1 Å². The second-order valence-electron chi connectivity index (χ2n) is 19.3. The number of aliphatic hydroxyl groups excluding tert-OH is 4. The van der Waals surface area contributed by atoms with E-state index >= 15 is 0 Å². The van der Waals surface area contributed by atoms with Crippen LogP contribution >= 0.6 is 15.6 Å². The maximum Gasteiger partial charge on any atom is 0.481 e. The van der Waals surface area contributed by atoms with E-state index < -0.39 is 120 Å². The normalized spacial score (nSPS) is 29.9. The van der Waals surface area contributed by atoms with Gasteiger partial charge in [0.1, 0.15) is 36.6 Å². The van der Waals surface area contributed by atoms with Crippen LogP contribution in [0.2, 0.25) is 0 Å². The lowest BCUT2D eigenvalue weighted by Gasteiger charge is -2.38. The van der Waals surface area contributed by atoms with Crippen LogP contribution in [0.3, 0.4) is 0 Å². The Morgan fingerprint density at radius 3 is 2.14 bits per heavy atom. The Balaban J connectivity index is 1.82. The predicted octanol–water partition coefficient (Wildman–Crippen LogP) is 7.06. The summed E-state index contributed by atoms with van der Waals surface area (Å²) in [5.41, 5.74) is 4.72. The second kappa shape index (κ2) is 33.7. The third-order valence-corrected chi connectivity index (χ3v) is 15.2. The van der Waals surface area contributed by atoms with Gasteiger partial charge in [-0.3, -0.25) is 28.0 Å². The summed E-state index contributed by atoms with van der Waals surface area (Å²) in [6.07, 6.45) is 10.1. The number of aliphatic hydroxyl groups is 4. The number of unbranched alkanes of at least 4 members (excludes halogenated alkanes) is 12. The minimum Gasteiger partial charge on any atom is -0.462 e. The zero-order valence-electron chi connectivity index (χ0n) is 42.4. The second-order valence-corrected chi connectivity index (χ2v) is 22.3. The Morgan fingerprint density at radius 1 is 0.875 bits per heavy atom. The minimum atomic E-state index is -5.72. The van der Waals surface area contributed by atoms with E-state index in [4.69, 9.17) is 29.0 Å². The molecule has 1 saturated heterocycles. The summed E-state index contributed by atoms with van der Waals surface area (Å²) < 4.78 is 58.9. The Morgan fingerprint density at radius 2 is 1.50 bits per heavy atom. The van der Waals surface area contributed by atoms with Crippen molar-refractivity contribution in [2.45, 2.75) is 205 Å². The third-order valence-electron chi connectivity index (χ3n) is 12.6. The number of hydrogen-bond acceptors (Lipinski definition) is 18. The molecule has 0 amide bonds. The number of rotatable bonds is 22. The highest BCUT2D eigenvalue weighted by molar-refractivity contribution is 7.61. The van der Waals surface area contributed by atoms with Gasteiger partial charge in [-0.1, -0.05) is 135 Å². The smallest absolute Gasteiger partial charge is 0.462 e. The quantitative estimate of drug-likeness (QED) is 0.0264. The van der Waals surface area contributed by atoms with Gasteiger partial charge in [0.25, 0.3) is 0 Å². The van der Waals surface area contributed by atoms with Gasteiger partial charge in [0.15, 0.2) is 6.10 Å². The molecule has 412 valence electrons. The van der Waals surface area contributed by atoms with Crippen LogP contribution in [0.5, 0.6) is 0 Å². The first-order chi connectivity index (χ1) is 34.2. The molecule has 2 aliphatic heterocycles. The number of fused-ring (bicyclic) bond motifs is 3. The fraction of sp³-hybridized carbons (Fsp3) is 0.776. The highest BCUT2D eigenvalue weighted by Crippen LogP contribution is 2.60. The van der Waals surface area contributed by atoms with Gasteiger partial charge in [-0.25, -0.2) is 13.9 Å². The van der Waals surface area contributed by atoms with Gasteiger partial charge in [0, 0.05) is 31.4 Å². The fourth-order valence-electron chi connectivity index (χ4n) is 8.42. The van der Waals surface area contributed by atoms with Crippen molar-refractivity contribution in [1.82, 2.24) is 9.55 Å². The fourth-order valence-corrected chi connectivity index (χ4v) is 10.5. The van der Waals surface area contributed by atoms with E-state index in [1.54, 1.807) is 12.2 Å². The number of allylic oxidation sites excluding steroid dienone is 2. The lowest BCUT2D eigenvalue weighted by molar-refractivity contribution is -0.183. The largest absolute Gasteiger partial charge is 0.481 e. The topological polar surface area (TPSA) is 323 Å². The number of anilines is 1. The van der Waals surface area contributed by atoms with E-state index in [9.17, 15) is 58.5 Å². The summed E-state index contributed by atoms with van der Waals surface area (Å²) in [4.78, 5) is 78.4. The number of hydrogen-bond donors (Lipinski definition) is 7. The van der Waals surface area contributed by atoms with Crippen LogP contribution in [0, 0.1) is 17.8 Å². The molecule has 8 N–H and O–H groups in total. The van der Waals surface area contributed by atoms with Gasteiger partial charge in [-0.05, 0) is 44.1 Å². The summed E-state index contributed by atoms with van der Waals surface area (Å²) in [6, 6.07) is 1.21. The molecule has 0 radical (unpaired) electrons. The first kappa shape index (κ1) is 63.1. The van der Waals surface area contributed by atoms with Gasteiger partial charge >= 0.3 is 33.3 Å². The van der Waals surface area contributed by atoms with Crippen LogP contribution in [0.15, 0.2) is 41.4 Å². The number of nitrogen functional groups attached to an aromatic ring is 1. The number of ketones is 1. The van der Waals surface area contributed by atoms with Crippen molar-refractivity contribution in [3.8, 4) is 0 Å². The number of nitrogens with zero attached hydrogens (tertiary/aromatic N) is 2. The number of Topliss-reactive ketones (excluding diaryl/α,β-unsaturated/α-hetero) is 1. The Hall–Kier alpha value is -3.17. The number of phosphoric acid groups is 2. The molecule has 0 aromatic carbocycles. The van der Waals surface area contributed by atoms with Gasteiger partial charge in [-0.15, -0.1) is 0 Å². The van der Waals surface area contributed by atoms with Crippen molar-refractivity contribution < 1.29 is 81.3 Å². The van der Waals surface area contributed by atoms with Crippen LogP contribution < -0.4 is 11.4 Å². The van der Waals surface area contributed by atoms with Crippen LogP contribution in [-0.4, -0.2) is 114 Å². The standard InChI is InChI=1S/C49H83N3O18P2/c1-4-5-17-23-36(53)27-28-38-40(54)31-41(55)39-24-19-15-16-20-25-44(56)65-32-37(68-45(57)26-21-14-12-10-8-6-7-9-11-13-18-22-35(2)3)33-66-71(61,62)70-72(63,64)67-34-42(47(59)46(38)58)69-48(39)52-30-29-43(50)51-49(52)60/h15,19,27-30,35-40,42,46-48,53-54,58-59H,4-14,16-18,20-26,31-34H2,1-3H3,(H,61,62)(H,63,64)(H2,50,51,60)/b19-15-,28-27?/t36-,37+,38-,39-,40+,42+,46-,47+,48+/m0/s1. The van der Waals surface area contributed by atoms with E-state index in [0.717, 1.165) is 61.6 Å². The van der Waals surface area contributed by atoms with Gasteiger partial charge in [0.2, 0.25) is 0 Å². The molecule has 3 rings (SSSR count). The number of aromatic nitrogens is 2. The van der Waals surface area contributed by atoms with Gasteiger partial charge in [-0.2, -0.15) is 9.29 Å². The molecule has 1 fully saturated rings. The zero-order valence-corrected chi connectivity index (χ0v) is 44.2. The predicted molar refractivity (Wildman–Crippen MR) is 267 cm³/mol. The molecule has 21 nitrogen and oxygen atoms in total. The molecule has 72 heavy (non-hydrogen) atoms. The molecule has 1 aromatic rings. The number of phosphoric ester groups is 2. The summed E-state index contributed by atoms with van der Waals surface area (Å²) in [6.45, 7) is 3.71. The highest BCUT2D eigenvalue weighted by Gasteiger charge is 2.45. The molecular formula is C49H83N3O18P2. The summed E-state index contributed by atoms with van der Waals surface area (Å²) in [5.74, 6) is -4.40. The maximum absolute atomic E-state index is 14.3. The Labute approximate surface area is 424 Å². The van der Waals surface area contributed by atoms with Crippen molar-refractivity contribution in [2.75, 3.05) is 25.6 Å². The molecular weight excluding hydrogens is 980 g/mol. The monoisotopic (exact) mass is 1060 g/mol. The number of carbonyl (C=O) groups is 3. The molecule has 1 aromatic heterocycles. The van der Waals surface area contributed by atoms with Crippen LogP contribution in [0.25, 0.3) is 0 Å². The van der Waals surface area contributed by atoms with E-state index in [-0.39, 0.29) is 37.9 Å². The Kier molecular flexibility index (Phi) is 29.5. The first-order valence-electron chi connectivity index (χ1n) is 25.8. The van der Waals surface area contributed by atoms with E-state index in [1.807, 2.05) is 6.92 Å². The Bertz CT molecular complexity index is 1990. The number of carbonyl (C=O) groups excluding carboxylic acids is 3. The van der Waals surface area contributed by atoms with Gasteiger partial charge in [0.05, 0.1) is 37.4 Å². The molecule has 11 atom stereocenters. The number of cyclic esters (lactones) is 1. The number of ether oxygens (including phenoxy) is 3. The van der Waals surface area contributed by atoms with E-state index in [1.165, 1.54) is 56.7 Å². The van der Waals surface area contributed by atoms with Gasteiger partial charge < -0.3 is 50.2 Å². The molecule has 2 aliphatic rings. The SMILES string of the molecule is CCCCC[C@H](O)C=C[C@@H]1[C@H](O)[C@H](O)[C@H]2COP(=O)(O)OP(=O)(O)OC[C@H](OC(=O)CCCCCCCCCCCCCC(C)C)COC(=O)CCC/C=C\C[C@@H](C(=O)C[C@H]1O)[C@H](n1ccc(N)nc1=O)O2. The zero-order chi connectivity index (χ0) is 53.1. The highest BCUT2D eigenvalue weighted by atomic mass is 31.3. The van der Waals surface area contributed by atoms with Crippen LogP contribution in [-0.2, 0) is 51.1 Å². The lowest BCUT2D eigenvalue weighted by atomic mass is 9.83.